The van der Waals surface area contributed by atoms with Crippen molar-refractivity contribution >= 4 is 23.2 Å². The number of rotatable bonds is 5. The molecule has 1 heterocycles. The summed E-state index contributed by atoms with van der Waals surface area (Å²) in [6.07, 6.45) is 0.751. The van der Waals surface area contributed by atoms with Crippen LogP contribution < -0.4 is 0 Å². The number of carboxylic acids is 1. The molecule has 2 rings (SSSR count). The van der Waals surface area contributed by atoms with Crippen molar-refractivity contribution in [1.82, 2.24) is 4.57 Å². The standard InChI is InChI=1S/C16H19NO4/c1-9(2)12-6-11(16(20)21)7-13-14(8-19)10(3)17(4-5-18)15(12)13/h6-9,18H,4-5H2,1-3H3,(H,20,21). The molecule has 0 fully saturated rings. The van der Waals surface area contributed by atoms with E-state index in [2.05, 4.69) is 0 Å². The summed E-state index contributed by atoms with van der Waals surface area (Å²) in [6, 6.07) is 3.19. The topological polar surface area (TPSA) is 79.5 Å². The Bertz CT molecular complexity index is 713. The zero-order valence-electron chi connectivity index (χ0n) is 12.4. The third kappa shape index (κ3) is 2.45. The molecule has 1 aromatic heterocycles. The average Bonchev–Trinajstić information content (AvgIpc) is 2.70. The lowest BCUT2D eigenvalue weighted by molar-refractivity contribution is 0.0696. The summed E-state index contributed by atoms with van der Waals surface area (Å²) in [5.74, 6) is -0.902. The molecule has 0 radical (unpaired) electrons. The summed E-state index contributed by atoms with van der Waals surface area (Å²) in [5, 5.41) is 19.2. The van der Waals surface area contributed by atoms with Crippen LogP contribution in [0.15, 0.2) is 12.1 Å². The second-order valence-corrected chi connectivity index (χ2v) is 5.41. The van der Waals surface area contributed by atoms with E-state index in [9.17, 15) is 19.8 Å². The lowest BCUT2D eigenvalue weighted by Crippen LogP contribution is -2.07. The van der Waals surface area contributed by atoms with E-state index in [0.717, 1.165) is 23.1 Å². The number of hydrogen-bond donors (Lipinski definition) is 2. The van der Waals surface area contributed by atoms with Gasteiger partial charge in [-0.2, -0.15) is 0 Å². The highest BCUT2D eigenvalue weighted by molar-refractivity contribution is 6.04. The second-order valence-electron chi connectivity index (χ2n) is 5.41. The Balaban J connectivity index is 2.96. The first-order valence-corrected chi connectivity index (χ1v) is 6.88. The van der Waals surface area contributed by atoms with Gasteiger partial charge in [0, 0.05) is 23.2 Å². The predicted molar refractivity (Wildman–Crippen MR) is 80.2 cm³/mol. The van der Waals surface area contributed by atoms with Gasteiger partial charge in [-0.1, -0.05) is 13.8 Å². The summed E-state index contributed by atoms with van der Waals surface area (Å²) < 4.78 is 1.89. The summed E-state index contributed by atoms with van der Waals surface area (Å²) >= 11 is 0. The highest BCUT2D eigenvalue weighted by Crippen LogP contribution is 2.32. The summed E-state index contributed by atoms with van der Waals surface area (Å²) in [6.45, 7) is 6.10. The molecule has 0 amide bonds. The van der Waals surface area contributed by atoms with Crippen molar-refractivity contribution in [3.63, 3.8) is 0 Å². The molecule has 0 aliphatic heterocycles. The van der Waals surface area contributed by atoms with E-state index in [0.29, 0.717) is 17.5 Å². The largest absolute Gasteiger partial charge is 0.478 e. The smallest absolute Gasteiger partial charge is 0.335 e. The van der Waals surface area contributed by atoms with Gasteiger partial charge in [0.25, 0.3) is 0 Å². The molecule has 0 saturated carbocycles. The zero-order chi connectivity index (χ0) is 15.7. The van der Waals surface area contributed by atoms with Crippen molar-refractivity contribution in [2.45, 2.75) is 33.2 Å². The molecule has 0 aliphatic carbocycles. The molecule has 0 unspecified atom stereocenters. The van der Waals surface area contributed by atoms with Gasteiger partial charge in [0.05, 0.1) is 17.7 Å². The molecule has 5 nitrogen and oxygen atoms in total. The summed E-state index contributed by atoms with van der Waals surface area (Å²) in [5.41, 5.74) is 3.12. The van der Waals surface area contributed by atoms with E-state index in [1.807, 2.05) is 25.3 Å². The average molecular weight is 289 g/mol. The van der Waals surface area contributed by atoms with Crippen LogP contribution >= 0.6 is 0 Å². The van der Waals surface area contributed by atoms with Crippen molar-refractivity contribution in [2.24, 2.45) is 0 Å². The Morgan fingerprint density at radius 1 is 1.38 bits per heavy atom. The fourth-order valence-corrected chi connectivity index (χ4v) is 2.76. The van der Waals surface area contributed by atoms with Gasteiger partial charge in [-0.05, 0) is 30.5 Å². The molecule has 21 heavy (non-hydrogen) atoms. The van der Waals surface area contributed by atoms with Crippen LogP contribution in [-0.2, 0) is 6.54 Å². The first-order valence-electron chi connectivity index (χ1n) is 6.88. The molecule has 0 atom stereocenters. The van der Waals surface area contributed by atoms with Gasteiger partial charge >= 0.3 is 5.97 Å². The van der Waals surface area contributed by atoms with Crippen LogP contribution in [0.2, 0.25) is 0 Å². The maximum Gasteiger partial charge on any atom is 0.335 e. The Morgan fingerprint density at radius 3 is 2.52 bits per heavy atom. The Labute approximate surface area is 122 Å². The normalized spacial score (nSPS) is 11.3. The third-order valence-electron chi connectivity index (χ3n) is 3.80. The van der Waals surface area contributed by atoms with Crippen molar-refractivity contribution in [3.05, 3.63) is 34.5 Å². The van der Waals surface area contributed by atoms with E-state index in [4.69, 9.17) is 0 Å². The number of benzene rings is 1. The van der Waals surface area contributed by atoms with Crippen LogP contribution in [0, 0.1) is 6.92 Å². The molecule has 1 aromatic carbocycles. The lowest BCUT2D eigenvalue weighted by atomic mass is 9.96. The number of aliphatic hydroxyl groups excluding tert-OH is 1. The first kappa shape index (κ1) is 15.3. The van der Waals surface area contributed by atoms with Crippen molar-refractivity contribution in [1.29, 1.82) is 0 Å². The SMILES string of the molecule is Cc1c(C=O)c2cc(C(=O)O)cc(C(C)C)c2n1CCO. The van der Waals surface area contributed by atoms with Crippen LogP contribution in [-0.4, -0.2) is 33.6 Å². The number of carbonyl (C=O) groups is 2. The molecule has 0 saturated heterocycles. The number of aldehydes is 1. The van der Waals surface area contributed by atoms with E-state index in [-0.39, 0.29) is 18.1 Å². The van der Waals surface area contributed by atoms with Gasteiger partial charge in [0.15, 0.2) is 6.29 Å². The maximum absolute atomic E-state index is 11.4. The molecule has 2 N–H and O–H groups in total. The Kier molecular flexibility index (Phi) is 4.14. The second kappa shape index (κ2) is 5.69. The number of carbonyl (C=O) groups excluding carboxylic acids is 1. The van der Waals surface area contributed by atoms with Gasteiger partial charge in [0.2, 0.25) is 0 Å². The molecule has 2 aromatic rings. The van der Waals surface area contributed by atoms with E-state index < -0.39 is 5.97 Å². The monoisotopic (exact) mass is 289 g/mol. The molecule has 0 bridgehead atoms. The number of aromatic carboxylic acids is 1. The summed E-state index contributed by atoms with van der Waals surface area (Å²) in [7, 11) is 0. The number of carboxylic acid groups (broad SMARTS) is 1. The Morgan fingerprint density at radius 2 is 2.05 bits per heavy atom. The van der Waals surface area contributed by atoms with Crippen LogP contribution in [0.25, 0.3) is 10.9 Å². The fourth-order valence-electron chi connectivity index (χ4n) is 2.76. The van der Waals surface area contributed by atoms with Crippen molar-refractivity contribution < 1.29 is 19.8 Å². The molecule has 5 heteroatoms. The van der Waals surface area contributed by atoms with Crippen LogP contribution in [0.3, 0.4) is 0 Å². The fraction of sp³-hybridized carbons (Fsp3) is 0.375. The zero-order valence-corrected chi connectivity index (χ0v) is 12.4. The van der Waals surface area contributed by atoms with Gasteiger partial charge in [-0.25, -0.2) is 4.79 Å². The van der Waals surface area contributed by atoms with Crippen LogP contribution in [0.4, 0.5) is 0 Å². The maximum atomic E-state index is 11.4. The minimum atomic E-state index is -1.01. The third-order valence-corrected chi connectivity index (χ3v) is 3.80. The van der Waals surface area contributed by atoms with Crippen molar-refractivity contribution in [3.8, 4) is 0 Å². The predicted octanol–water partition coefficient (Wildman–Crippen LogP) is 2.58. The molecule has 112 valence electrons. The van der Waals surface area contributed by atoms with Gasteiger partial charge in [-0.15, -0.1) is 0 Å². The van der Waals surface area contributed by atoms with Crippen LogP contribution in [0.5, 0.6) is 0 Å². The quantitative estimate of drug-likeness (QED) is 0.829. The highest BCUT2D eigenvalue weighted by atomic mass is 16.4. The summed E-state index contributed by atoms with van der Waals surface area (Å²) in [4.78, 5) is 22.7. The van der Waals surface area contributed by atoms with Crippen LogP contribution in [0.1, 0.15) is 51.7 Å². The minimum absolute atomic E-state index is 0.0405. The number of aliphatic hydroxyl groups is 1. The van der Waals surface area contributed by atoms with E-state index >= 15 is 0 Å². The van der Waals surface area contributed by atoms with Gasteiger partial charge < -0.3 is 14.8 Å². The van der Waals surface area contributed by atoms with E-state index in [1.165, 1.54) is 6.07 Å². The first-order chi connectivity index (χ1) is 9.92. The van der Waals surface area contributed by atoms with Crippen molar-refractivity contribution in [2.75, 3.05) is 6.61 Å². The van der Waals surface area contributed by atoms with Gasteiger partial charge in [-0.3, -0.25) is 4.79 Å². The highest BCUT2D eigenvalue weighted by Gasteiger charge is 2.20. The lowest BCUT2D eigenvalue weighted by Gasteiger charge is -2.13. The molecule has 0 aliphatic rings. The Hall–Kier alpha value is -2.14. The minimum Gasteiger partial charge on any atom is -0.478 e. The molecule has 0 spiro atoms. The number of hydrogen-bond acceptors (Lipinski definition) is 3. The number of fused-ring (bicyclic) bond motifs is 1. The van der Waals surface area contributed by atoms with Gasteiger partial charge in [0.1, 0.15) is 0 Å². The van der Waals surface area contributed by atoms with E-state index in [1.54, 1.807) is 6.07 Å². The number of aromatic nitrogens is 1. The molecular formula is C16H19NO4. The molecular weight excluding hydrogens is 270 g/mol. The number of nitrogens with zero attached hydrogens (tertiary/aromatic N) is 1.